The molecule has 1 heterocycles. The van der Waals surface area contributed by atoms with Gasteiger partial charge >= 0.3 is 0 Å². The van der Waals surface area contributed by atoms with Gasteiger partial charge in [0.25, 0.3) is 0 Å². The first-order valence-electron chi connectivity index (χ1n) is 5.48. The van der Waals surface area contributed by atoms with Crippen LogP contribution in [0, 0.1) is 6.92 Å². The van der Waals surface area contributed by atoms with Gasteiger partial charge in [-0.25, -0.2) is 4.68 Å². The van der Waals surface area contributed by atoms with E-state index < -0.39 is 6.04 Å². The lowest BCUT2D eigenvalue weighted by molar-refractivity contribution is -0.117. The number of carbonyl (C=O) groups excluding carboxylic acids is 1. The van der Waals surface area contributed by atoms with Crippen LogP contribution < -0.4 is 11.1 Å². The highest BCUT2D eigenvalue weighted by Crippen LogP contribution is 2.17. The lowest BCUT2D eigenvalue weighted by atomic mass is 10.1. The van der Waals surface area contributed by atoms with Crippen molar-refractivity contribution >= 4 is 11.6 Å². The number of aromatic nitrogens is 4. The molecule has 18 heavy (non-hydrogen) atoms. The fourth-order valence-electron chi connectivity index (χ4n) is 1.52. The third kappa shape index (κ3) is 2.51. The van der Waals surface area contributed by atoms with Crippen molar-refractivity contribution in [3.05, 3.63) is 30.1 Å². The predicted molar refractivity (Wildman–Crippen MR) is 66.2 cm³/mol. The maximum absolute atomic E-state index is 11.5. The SMILES string of the molecule is Cc1cc(NC(=O)C(C)N)ccc1-n1cnnn1. The van der Waals surface area contributed by atoms with Crippen molar-refractivity contribution in [2.24, 2.45) is 5.73 Å². The first kappa shape index (κ1) is 12.2. The number of hydrogen-bond acceptors (Lipinski definition) is 5. The lowest BCUT2D eigenvalue weighted by Gasteiger charge is -2.10. The number of hydrogen-bond donors (Lipinski definition) is 2. The number of rotatable bonds is 3. The number of nitrogens with one attached hydrogen (secondary N) is 1. The summed E-state index contributed by atoms with van der Waals surface area (Å²) in [5.41, 5.74) is 8.00. The predicted octanol–water partition coefficient (Wildman–Crippen LogP) is 0.256. The zero-order valence-corrected chi connectivity index (χ0v) is 10.2. The molecule has 2 aromatic rings. The van der Waals surface area contributed by atoms with E-state index in [1.54, 1.807) is 17.7 Å². The van der Waals surface area contributed by atoms with Crippen LogP contribution >= 0.6 is 0 Å². The van der Waals surface area contributed by atoms with Crippen LogP contribution in [0.4, 0.5) is 5.69 Å². The minimum Gasteiger partial charge on any atom is -0.325 e. The van der Waals surface area contributed by atoms with E-state index in [2.05, 4.69) is 20.8 Å². The monoisotopic (exact) mass is 246 g/mol. The third-order valence-electron chi connectivity index (χ3n) is 2.47. The summed E-state index contributed by atoms with van der Waals surface area (Å²) >= 11 is 0. The highest BCUT2D eigenvalue weighted by molar-refractivity contribution is 5.94. The van der Waals surface area contributed by atoms with Crippen LogP contribution in [-0.2, 0) is 4.79 Å². The van der Waals surface area contributed by atoms with Gasteiger partial charge in [-0.1, -0.05) is 0 Å². The molecule has 1 amide bonds. The molecule has 0 aliphatic rings. The van der Waals surface area contributed by atoms with Crippen LogP contribution in [0.5, 0.6) is 0 Å². The Hall–Kier alpha value is -2.28. The Morgan fingerprint density at radius 1 is 1.50 bits per heavy atom. The van der Waals surface area contributed by atoms with Crippen LogP contribution in [0.3, 0.4) is 0 Å². The minimum absolute atomic E-state index is 0.218. The number of nitrogens with zero attached hydrogens (tertiary/aromatic N) is 4. The summed E-state index contributed by atoms with van der Waals surface area (Å²) in [6.45, 7) is 3.55. The van der Waals surface area contributed by atoms with E-state index in [0.29, 0.717) is 5.69 Å². The van der Waals surface area contributed by atoms with Gasteiger partial charge in [-0.2, -0.15) is 0 Å². The molecule has 7 nitrogen and oxygen atoms in total. The Bertz CT molecular complexity index is 549. The molecule has 7 heteroatoms. The van der Waals surface area contributed by atoms with Crippen molar-refractivity contribution in [2.45, 2.75) is 19.9 Å². The molecule has 0 saturated carbocycles. The van der Waals surface area contributed by atoms with Gasteiger partial charge in [0.1, 0.15) is 6.33 Å². The van der Waals surface area contributed by atoms with Crippen molar-refractivity contribution in [3.8, 4) is 5.69 Å². The standard InChI is InChI=1S/C11H14N6O/c1-7-5-9(14-11(18)8(2)12)3-4-10(7)17-6-13-15-16-17/h3-6,8H,12H2,1-2H3,(H,14,18). The largest absolute Gasteiger partial charge is 0.325 e. The Kier molecular flexibility index (Phi) is 3.33. The minimum atomic E-state index is -0.538. The van der Waals surface area contributed by atoms with Crippen molar-refractivity contribution in [3.63, 3.8) is 0 Å². The zero-order valence-electron chi connectivity index (χ0n) is 10.2. The van der Waals surface area contributed by atoms with Crippen LogP contribution in [0.15, 0.2) is 24.5 Å². The number of anilines is 1. The van der Waals surface area contributed by atoms with Gasteiger partial charge in [0.05, 0.1) is 11.7 Å². The second kappa shape index (κ2) is 4.92. The lowest BCUT2D eigenvalue weighted by Crippen LogP contribution is -2.32. The summed E-state index contributed by atoms with van der Waals surface area (Å²) < 4.78 is 1.56. The van der Waals surface area contributed by atoms with E-state index in [1.165, 1.54) is 6.33 Å². The van der Waals surface area contributed by atoms with Gasteiger partial charge in [-0.05, 0) is 48.0 Å². The van der Waals surface area contributed by atoms with Crippen LogP contribution in [-0.4, -0.2) is 32.2 Å². The van der Waals surface area contributed by atoms with E-state index in [1.807, 2.05) is 19.1 Å². The van der Waals surface area contributed by atoms with Gasteiger partial charge in [0.2, 0.25) is 5.91 Å². The summed E-state index contributed by atoms with van der Waals surface area (Å²) in [4.78, 5) is 11.5. The normalized spacial score (nSPS) is 12.2. The van der Waals surface area contributed by atoms with Gasteiger partial charge in [-0.3, -0.25) is 4.79 Å². The van der Waals surface area contributed by atoms with Crippen LogP contribution in [0.25, 0.3) is 5.69 Å². The number of amides is 1. The summed E-state index contributed by atoms with van der Waals surface area (Å²) in [6, 6.07) is 4.92. The maximum atomic E-state index is 11.5. The summed E-state index contributed by atoms with van der Waals surface area (Å²) in [6.07, 6.45) is 1.52. The number of tetrazole rings is 1. The molecule has 0 aliphatic heterocycles. The third-order valence-corrected chi connectivity index (χ3v) is 2.47. The molecule has 0 radical (unpaired) electrons. The zero-order chi connectivity index (χ0) is 13.1. The first-order valence-corrected chi connectivity index (χ1v) is 5.48. The quantitative estimate of drug-likeness (QED) is 0.809. The maximum Gasteiger partial charge on any atom is 0.240 e. The van der Waals surface area contributed by atoms with Crippen molar-refractivity contribution < 1.29 is 4.79 Å². The molecule has 1 aromatic carbocycles. The van der Waals surface area contributed by atoms with E-state index in [9.17, 15) is 4.79 Å². The molecule has 3 N–H and O–H groups in total. The van der Waals surface area contributed by atoms with Crippen molar-refractivity contribution in [1.29, 1.82) is 0 Å². The molecule has 1 aromatic heterocycles. The molecule has 1 atom stereocenters. The summed E-state index contributed by atoms with van der Waals surface area (Å²) in [5.74, 6) is -0.218. The average Bonchev–Trinajstić information content (AvgIpc) is 2.82. The van der Waals surface area contributed by atoms with Crippen molar-refractivity contribution in [1.82, 2.24) is 20.2 Å². The van der Waals surface area contributed by atoms with E-state index in [4.69, 9.17) is 5.73 Å². The number of carbonyl (C=O) groups is 1. The second-order valence-corrected chi connectivity index (χ2v) is 4.03. The molecule has 0 spiro atoms. The molecule has 1 unspecified atom stereocenters. The molecule has 0 aliphatic carbocycles. The number of nitrogens with two attached hydrogens (primary N) is 1. The van der Waals surface area contributed by atoms with Crippen molar-refractivity contribution in [2.75, 3.05) is 5.32 Å². The summed E-state index contributed by atoms with van der Waals surface area (Å²) in [5, 5.41) is 13.7. The molecule has 0 saturated heterocycles. The molecular formula is C11H14N6O. The Labute approximate surface area is 104 Å². The number of benzene rings is 1. The molecule has 2 rings (SSSR count). The van der Waals surface area contributed by atoms with E-state index in [-0.39, 0.29) is 5.91 Å². The molecule has 0 bridgehead atoms. The topological polar surface area (TPSA) is 98.7 Å². The molecule has 94 valence electrons. The Balaban J connectivity index is 2.23. The highest BCUT2D eigenvalue weighted by atomic mass is 16.2. The van der Waals surface area contributed by atoms with Gasteiger partial charge in [-0.15, -0.1) is 5.10 Å². The Morgan fingerprint density at radius 3 is 2.83 bits per heavy atom. The van der Waals surface area contributed by atoms with Crippen LogP contribution in [0.1, 0.15) is 12.5 Å². The first-order chi connectivity index (χ1) is 8.58. The fourth-order valence-corrected chi connectivity index (χ4v) is 1.52. The molecular weight excluding hydrogens is 232 g/mol. The van der Waals surface area contributed by atoms with Gasteiger partial charge < -0.3 is 11.1 Å². The van der Waals surface area contributed by atoms with E-state index >= 15 is 0 Å². The summed E-state index contributed by atoms with van der Waals surface area (Å²) in [7, 11) is 0. The van der Waals surface area contributed by atoms with E-state index in [0.717, 1.165) is 11.3 Å². The highest BCUT2D eigenvalue weighted by Gasteiger charge is 2.09. The smallest absolute Gasteiger partial charge is 0.240 e. The van der Waals surface area contributed by atoms with Gasteiger partial charge in [0, 0.05) is 5.69 Å². The fraction of sp³-hybridized carbons (Fsp3) is 0.273. The second-order valence-electron chi connectivity index (χ2n) is 4.03. The van der Waals surface area contributed by atoms with Crippen LogP contribution in [0.2, 0.25) is 0 Å². The molecule has 0 fully saturated rings. The van der Waals surface area contributed by atoms with Gasteiger partial charge in [0.15, 0.2) is 0 Å². The average molecular weight is 246 g/mol. The number of aryl methyl sites for hydroxylation is 1. The Morgan fingerprint density at radius 2 is 2.28 bits per heavy atom.